The minimum Gasteiger partial charge on any atom is -0.195 e. The summed E-state index contributed by atoms with van der Waals surface area (Å²) in [5.41, 5.74) is 2.76. The van der Waals surface area contributed by atoms with E-state index in [0.717, 1.165) is 0 Å². The van der Waals surface area contributed by atoms with E-state index in [9.17, 15) is 0 Å². The highest BCUT2D eigenvalue weighted by molar-refractivity contribution is 5.49. The van der Waals surface area contributed by atoms with Gasteiger partial charge in [-0.25, -0.2) is 0 Å². The van der Waals surface area contributed by atoms with E-state index >= 15 is 0 Å². The first-order valence-electron chi connectivity index (χ1n) is 7.98. The predicted octanol–water partition coefficient (Wildman–Crippen LogP) is 4.05. The number of fused-ring (bicyclic) bond motifs is 2. The van der Waals surface area contributed by atoms with Gasteiger partial charge in [0.1, 0.15) is 0 Å². The first kappa shape index (κ1) is 13.5. The molecule has 1 aromatic carbocycles. The number of nitrogens with zero attached hydrogens (tertiary/aromatic N) is 1. The number of hydrogen-bond donors (Lipinski definition) is 0. The first-order chi connectivity index (χ1) is 10.7. The molecule has 0 saturated heterocycles. The first-order valence-corrected chi connectivity index (χ1v) is 7.98. The van der Waals surface area contributed by atoms with Gasteiger partial charge in [0.25, 0.3) is 0 Å². The minimum atomic E-state index is -0.0662. The Morgan fingerprint density at radius 1 is 0.909 bits per heavy atom. The standard InChI is InChI=1S/C21H21N/c1-16-17-10-4-6-12-19(17)21(2,22-14-8-3-9-15-22)20-13-7-5-11-18(16)20/h3-15,17,19H,1-2H3/q+1. The van der Waals surface area contributed by atoms with E-state index in [1.54, 1.807) is 0 Å². The van der Waals surface area contributed by atoms with Gasteiger partial charge in [-0.2, -0.15) is 4.57 Å². The summed E-state index contributed by atoms with van der Waals surface area (Å²) < 4.78 is 2.37. The Morgan fingerprint density at radius 3 is 2.45 bits per heavy atom. The van der Waals surface area contributed by atoms with E-state index in [4.69, 9.17) is 0 Å². The maximum atomic E-state index is 2.38. The third kappa shape index (κ3) is 1.75. The minimum absolute atomic E-state index is 0.0662. The molecule has 109 valence electrons. The number of rotatable bonds is 1. The molecule has 0 fully saturated rings. The molecule has 1 nitrogen and oxygen atoms in total. The average Bonchev–Trinajstić information content (AvgIpc) is 2.60. The predicted molar refractivity (Wildman–Crippen MR) is 89.1 cm³/mol. The highest BCUT2D eigenvalue weighted by Gasteiger charge is 2.53. The highest BCUT2D eigenvalue weighted by Crippen LogP contribution is 2.49. The summed E-state index contributed by atoms with van der Waals surface area (Å²) in [6, 6.07) is 15.2. The summed E-state index contributed by atoms with van der Waals surface area (Å²) >= 11 is 0. The summed E-state index contributed by atoms with van der Waals surface area (Å²) in [7, 11) is 0. The Kier molecular flexibility index (Phi) is 3.04. The van der Waals surface area contributed by atoms with Crippen LogP contribution in [0.5, 0.6) is 0 Å². The van der Waals surface area contributed by atoms with Crippen LogP contribution in [-0.4, -0.2) is 0 Å². The number of hydrogen-bond acceptors (Lipinski definition) is 0. The van der Waals surface area contributed by atoms with Crippen molar-refractivity contribution in [3.05, 3.63) is 96.2 Å². The molecular weight excluding hydrogens is 266 g/mol. The summed E-state index contributed by atoms with van der Waals surface area (Å²) in [6.45, 7) is 4.66. The molecule has 1 radical (unpaired) electrons. The fourth-order valence-corrected chi connectivity index (χ4v) is 4.20. The topological polar surface area (TPSA) is 3.88 Å². The van der Waals surface area contributed by atoms with E-state index < -0.39 is 0 Å². The second-order valence-corrected chi connectivity index (χ2v) is 6.48. The smallest absolute Gasteiger partial charge is 0.195 e. The molecule has 3 unspecified atom stereocenters. The van der Waals surface area contributed by atoms with Crippen LogP contribution in [0.4, 0.5) is 0 Å². The quantitative estimate of drug-likeness (QED) is 0.697. The molecule has 2 aromatic rings. The van der Waals surface area contributed by atoms with Gasteiger partial charge < -0.3 is 0 Å². The van der Waals surface area contributed by atoms with E-state index in [1.807, 2.05) is 0 Å². The van der Waals surface area contributed by atoms with E-state index in [1.165, 1.54) is 17.0 Å². The zero-order valence-corrected chi connectivity index (χ0v) is 13.1. The molecule has 0 N–H and O–H groups in total. The van der Waals surface area contributed by atoms with Gasteiger partial charge in [-0.05, 0) is 5.56 Å². The molecule has 1 aromatic heterocycles. The highest BCUT2D eigenvalue weighted by atomic mass is 15.0. The van der Waals surface area contributed by atoms with Crippen molar-refractivity contribution < 1.29 is 4.57 Å². The number of benzene rings is 1. The van der Waals surface area contributed by atoms with Gasteiger partial charge in [0.15, 0.2) is 17.9 Å². The van der Waals surface area contributed by atoms with Gasteiger partial charge in [0.05, 0.1) is 5.92 Å². The molecule has 0 saturated carbocycles. The van der Waals surface area contributed by atoms with Crippen molar-refractivity contribution in [1.29, 1.82) is 0 Å². The van der Waals surface area contributed by atoms with Crippen LogP contribution in [0.3, 0.4) is 0 Å². The van der Waals surface area contributed by atoms with Crippen LogP contribution in [-0.2, 0) is 5.54 Å². The van der Waals surface area contributed by atoms with Gasteiger partial charge >= 0.3 is 0 Å². The van der Waals surface area contributed by atoms with E-state index in [2.05, 4.69) is 97.6 Å². The summed E-state index contributed by atoms with van der Waals surface area (Å²) in [4.78, 5) is 0. The largest absolute Gasteiger partial charge is 0.197 e. The molecule has 0 spiro atoms. The summed E-state index contributed by atoms with van der Waals surface area (Å²) in [5, 5.41) is 0. The van der Waals surface area contributed by atoms with Crippen LogP contribution in [0.2, 0.25) is 0 Å². The van der Waals surface area contributed by atoms with E-state index in [-0.39, 0.29) is 5.54 Å². The lowest BCUT2D eigenvalue weighted by Gasteiger charge is -2.44. The summed E-state index contributed by atoms with van der Waals surface area (Å²) in [5.74, 6) is 2.40. The second kappa shape index (κ2) is 4.95. The Morgan fingerprint density at radius 2 is 1.64 bits per heavy atom. The van der Waals surface area contributed by atoms with Crippen molar-refractivity contribution >= 4 is 0 Å². The fourth-order valence-electron chi connectivity index (χ4n) is 4.20. The molecule has 22 heavy (non-hydrogen) atoms. The van der Waals surface area contributed by atoms with Crippen molar-refractivity contribution in [3.8, 4) is 0 Å². The lowest BCUT2D eigenvalue weighted by Crippen LogP contribution is -2.62. The lowest BCUT2D eigenvalue weighted by molar-refractivity contribution is -0.758. The van der Waals surface area contributed by atoms with Crippen molar-refractivity contribution in [2.45, 2.75) is 19.4 Å². The van der Waals surface area contributed by atoms with Gasteiger partial charge in [-0.1, -0.05) is 61.6 Å². The van der Waals surface area contributed by atoms with Crippen LogP contribution in [0, 0.1) is 17.8 Å². The monoisotopic (exact) mass is 287 g/mol. The maximum absolute atomic E-state index is 2.38. The van der Waals surface area contributed by atoms with Crippen molar-refractivity contribution in [3.63, 3.8) is 0 Å². The van der Waals surface area contributed by atoms with Gasteiger partial charge in [-0.3, -0.25) is 0 Å². The molecule has 0 amide bonds. The van der Waals surface area contributed by atoms with Crippen LogP contribution < -0.4 is 4.57 Å². The van der Waals surface area contributed by atoms with Crippen LogP contribution in [0.15, 0.2) is 79.2 Å². The normalized spacial score (nSPS) is 29.9. The number of aromatic nitrogens is 1. The lowest BCUT2D eigenvalue weighted by atomic mass is 9.59. The van der Waals surface area contributed by atoms with Crippen molar-refractivity contribution in [1.82, 2.24) is 0 Å². The molecule has 3 atom stereocenters. The zero-order chi connectivity index (χ0) is 15.2. The van der Waals surface area contributed by atoms with Gasteiger partial charge in [-0.15, -0.1) is 0 Å². The molecule has 4 rings (SSSR count). The zero-order valence-electron chi connectivity index (χ0n) is 13.1. The Balaban J connectivity index is 2.01. The average molecular weight is 287 g/mol. The third-order valence-corrected chi connectivity index (χ3v) is 5.43. The molecule has 1 heteroatoms. The molecule has 1 heterocycles. The van der Waals surface area contributed by atoms with Crippen molar-refractivity contribution in [2.24, 2.45) is 11.8 Å². The number of allylic oxidation sites excluding steroid dienone is 4. The van der Waals surface area contributed by atoms with Gasteiger partial charge in [0.2, 0.25) is 0 Å². The molecule has 2 aliphatic carbocycles. The van der Waals surface area contributed by atoms with Crippen LogP contribution in [0.1, 0.15) is 25.0 Å². The molecule has 2 aliphatic rings. The van der Waals surface area contributed by atoms with Crippen LogP contribution >= 0.6 is 0 Å². The summed E-state index contributed by atoms with van der Waals surface area (Å²) in [6.07, 6.45) is 13.5. The van der Waals surface area contributed by atoms with Gasteiger partial charge in [0, 0.05) is 36.5 Å². The second-order valence-electron chi connectivity index (χ2n) is 6.48. The Labute approximate surface area is 132 Å². The maximum Gasteiger partial charge on any atom is 0.197 e. The number of pyridine rings is 1. The molecule has 0 bridgehead atoms. The third-order valence-electron chi connectivity index (χ3n) is 5.43. The molecular formula is C21H21N+. The van der Waals surface area contributed by atoms with E-state index in [0.29, 0.717) is 11.8 Å². The Bertz CT molecular complexity index is 744. The fraction of sp³-hybridized carbons (Fsp3) is 0.238. The Hall–Kier alpha value is -2.15. The molecule has 0 aliphatic heterocycles. The van der Waals surface area contributed by atoms with Crippen molar-refractivity contribution in [2.75, 3.05) is 0 Å². The van der Waals surface area contributed by atoms with Crippen LogP contribution in [0.25, 0.3) is 0 Å². The SMILES string of the molecule is C[C]1c2ccccc2C(C)([n+]2ccccc2)C2C=CC=CC12.